The van der Waals surface area contributed by atoms with Crippen molar-refractivity contribution in [3.8, 4) is 0 Å². The van der Waals surface area contributed by atoms with Gasteiger partial charge in [0, 0.05) is 20.8 Å². The number of fused-ring (bicyclic) bond motifs is 5. The van der Waals surface area contributed by atoms with Crippen LogP contribution in [0.2, 0.25) is 0 Å². The van der Waals surface area contributed by atoms with E-state index >= 15 is 0 Å². The van der Waals surface area contributed by atoms with Gasteiger partial charge in [-0.3, -0.25) is 14.4 Å². The molecule has 0 amide bonds. The maximum Gasteiger partial charge on any atom is 0.339 e. The van der Waals surface area contributed by atoms with Crippen molar-refractivity contribution in [3.63, 3.8) is 0 Å². The van der Waals surface area contributed by atoms with Gasteiger partial charge in [-0.05, 0) is 110 Å². The van der Waals surface area contributed by atoms with E-state index in [1.165, 1.54) is 79.2 Å². The van der Waals surface area contributed by atoms with E-state index in [1.807, 2.05) is 0 Å². The van der Waals surface area contributed by atoms with Crippen LogP contribution in [0.3, 0.4) is 0 Å². The molecule has 10 nitrogen and oxygen atoms in total. The molecule has 0 aromatic carbocycles. The normalized spacial score (nSPS) is 41.6. The fourth-order valence-corrected chi connectivity index (χ4v) is 11.7. The summed E-state index contributed by atoms with van der Waals surface area (Å²) in [5, 5.41) is 0. The van der Waals surface area contributed by atoms with Crippen molar-refractivity contribution in [1.82, 2.24) is 0 Å². The van der Waals surface area contributed by atoms with Crippen molar-refractivity contribution >= 4 is 23.9 Å². The zero-order valence-corrected chi connectivity index (χ0v) is 32.1. The number of carbonyl (C=O) groups excluding carboxylic acids is 4. The van der Waals surface area contributed by atoms with E-state index in [0.717, 1.165) is 55.3 Å². The molecule has 5 rings (SSSR count). The minimum Gasteiger partial charge on any atom is -0.467 e. The third-order valence-electron chi connectivity index (χ3n) is 14.0. The van der Waals surface area contributed by atoms with Crippen molar-refractivity contribution in [3.05, 3.63) is 0 Å². The first-order valence-corrected chi connectivity index (χ1v) is 19.5. The monoisotopic (exact) mass is 704 g/mol. The Hall–Kier alpha value is -2.20. The van der Waals surface area contributed by atoms with Crippen molar-refractivity contribution in [2.45, 2.75) is 169 Å². The molecule has 0 radical (unpaired) electrons. The van der Waals surface area contributed by atoms with Crippen LogP contribution in [0.25, 0.3) is 0 Å². The van der Waals surface area contributed by atoms with E-state index < -0.39 is 54.6 Å². The molecule has 0 aromatic rings. The van der Waals surface area contributed by atoms with Crippen LogP contribution in [0.4, 0.5) is 0 Å². The Kier molecular flexibility index (Phi) is 12.3. The molecule has 1 heterocycles. The summed E-state index contributed by atoms with van der Waals surface area (Å²) >= 11 is 0. The lowest BCUT2D eigenvalue weighted by atomic mass is 9.44. The van der Waals surface area contributed by atoms with Gasteiger partial charge in [-0.1, -0.05) is 53.9 Å². The summed E-state index contributed by atoms with van der Waals surface area (Å²) in [6.45, 7) is 16.0. The van der Waals surface area contributed by atoms with E-state index in [2.05, 4.69) is 34.6 Å². The molecule has 0 aromatic heterocycles. The van der Waals surface area contributed by atoms with Crippen molar-refractivity contribution in [2.24, 2.45) is 52.3 Å². The molecule has 0 spiro atoms. The van der Waals surface area contributed by atoms with Gasteiger partial charge in [0.2, 0.25) is 0 Å². The average molecular weight is 705 g/mol. The molecule has 5 fully saturated rings. The molecule has 0 N–H and O–H groups in total. The summed E-state index contributed by atoms with van der Waals surface area (Å²) in [5.41, 5.74) is 0.674. The molecule has 14 atom stereocenters. The van der Waals surface area contributed by atoms with Gasteiger partial charge >= 0.3 is 23.9 Å². The van der Waals surface area contributed by atoms with Crippen LogP contribution in [-0.2, 0) is 47.6 Å². The molecule has 2 unspecified atom stereocenters. The molecular formula is C40H64O10. The minimum absolute atomic E-state index is 0.217. The van der Waals surface area contributed by atoms with Gasteiger partial charge in [-0.25, -0.2) is 4.79 Å². The van der Waals surface area contributed by atoms with Crippen molar-refractivity contribution in [1.29, 1.82) is 0 Å². The Labute approximate surface area is 299 Å². The number of carbonyl (C=O) groups is 4. The lowest BCUT2D eigenvalue weighted by molar-refractivity contribution is -0.315. The summed E-state index contributed by atoms with van der Waals surface area (Å²) < 4.78 is 34.3. The number of rotatable bonds is 11. The van der Waals surface area contributed by atoms with Crippen LogP contribution in [0.1, 0.15) is 132 Å². The van der Waals surface area contributed by atoms with E-state index in [0.29, 0.717) is 17.3 Å². The molecular weight excluding hydrogens is 640 g/mol. The second kappa shape index (κ2) is 15.8. The quantitative estimate of drug-likeness (QED) is 0.124. The van der Waals surface area contributed by atoms with Gasteiger partial charge in [-0.15, -0.1) is 0 Å². The molecule has 1 saturated heterocycles. The Morgan fingerprint density at radius 1 is 0.740 bits per heavy atom. The standard InChI is InChI=1S/C40H64O10/c1-22(2)11-10-12-23(3)30-15-16-31-29-14-13-27-21-28(17-19-39(27,7)32(29)18-20-40(30,31)8)49-38-36(48-26(6)43)34(47-25(5)42)33(46-24(4)41)35(50-38)37(44)45-9/h22-23,27-36,38H,10-21H2,1-9H3/t23?,27-,28-,29-,30?,31-,32-,33-,34-,35+,36+,38+,39-,40+/m0/s1. The Bertz CT molecular complexity index is 1230. The predicted octanol–water partition coefficient (Wildman–Crippen LogP) is 7.19. The topological polar surface area (TPSA) is 124 Å². The molecule has 284 valence electrons. The highest BCUT2D eigenvalue weighted by molar-refractivity contribution is 5.77. The highest BCUT2D eigenvalue weighted by Crippen LogP contribution is 2.68. The number of methoxy groups -OCH3 is 1. The van der Waals surface area contributed by atoms with E-state index in [1.54, 1.807) is 0 Å². The van der Waals surface area contributed by atoms with E-state index in [9.17, 15) is 19.2 Å². The number of ether oxygens (including phenoxy) is 6. The maximum atomic E-state index is 12.9. The summed E-state index contributed by atoms with van der Waals surface area (Å²) in [7, 11) is 1.19. The van der Waals surface area contributed by atoms with Gasteiger partial charge in [0.05, 0.1) is 13.2 Å². The number of hydrogen-bond acceptors (Lipinski definition) is 10. The van der Waals surface area contributed by atoms with Crippen LogP contribution >= 0.6 is 0 Å². The largest absolute Gasteiger partial charge is 0.467 e. The summed E-state index contributed by atoms with van der Waals surface area (Å²) in [6.07, 6.45) is 7.60. The van der Waals surface area contributed by atoms with Gasteiger partial charge in [0.25, 0.3) is 0 Å². The molecule has 1 aliphatic heterocycles. The van der Waals surface area contributed by atoms with E-state index in [-0.39, 0.29) is 11.5 Å². The van der Waals surface area contributed by atoms with Crippen LogP contribution in [0.15, 0.2) is 0 Å². The molecule has 4 saturated carbocycles. The van der Waals surface area contributed by atoms with E-state index in [4.69, 9.17) is 28.4 Å². The number of esters is 4. The summed E-state index contributed by atoms with van der Waals surface area (Å²) in [5.74, 6) is 2.28. The fourth-order valence-electron chi connectivity index (χ4n) is 11.7. The molecule has 50 heavy (non-hydrogen) atoms. The third-order valence-corrected chi connectivity index (χ3v) is 14.0. The second-order valence-corrected chi connectivity index (χ2v) is 17.4. The minimum atomic E-state index is -1.45. The third kappa shape index (κ3) is 7.91. The summed E-state index contributed by atoms with van der Waals surface area (Å²) in [4.78, 5) is 49.5. The SMILES string of the molecule is COC(=O)[C@@H]1O[C@@H](O[C@H]2CC[C@@]3(C)[C@@H](CC[C@@H]4[C@@H]3CC[C@]3(C)C(C(C)CCCC(C)C)CC[C@@H]43)C2)[C@H](OC(C)=O)[C@@H](OC(C)=O)[C@@H]1OC(C)=O. The molecule has 10 heteroatoms. The smallest absolute Gasteiger partial charge is 0.339 e. The first-order chi connectivity index (χ1) is 23.6. The van der Waals surface area contributed by atoms with Crippen molar-refractivity contribution < 1.29 is 47.6 Å². The lowest BCUT2D eigenvalue weighted by Crippen LogP contribution is -2.64. The van der Waals surface area contributed by atoms with Crippen LogP contribution in [0.5, 0.6) is 0 Å². The predicted molar refractivity (Wildman–Crippen MR) is 185 cm³/mol. The Morgan fingerprint density at radius 3 is 2.00 bits per heavy atom. The zero-order chi connectivity index (χ0) is 36.5. The first kappa shape index (κ1) is 39.0. The average Bonchev–Trinajstić information content (AvgIpc) is 3.40. The molecule has 5 aliphatic rings. The van der Waals surface area contributed by atoms with Crippen LogP contribution in [-0.4, -0.2) is 67.8 Å². The van der Waals surface area contributed by atoms with Gasteiger partial charge in [0.1, 0.15) is 0 Å². The second-order valence-electron chi connectivity index (χ2n) is 17.4. The first-order valence-electron chi connectivity index (χ1n) is 19.5. The molecule has 4 aliphatic carbocycles. The highest BCUT2D eigenvalue weighted by Gasteiger charge is 2.61. The highest BCUT2D eigenvalue weighted by atomic mass is 16.7. The fraction of sp³-hybridized carbons (Fsp3) is 0.900. The summed E-state index contributed by atoms with van der Waals surface area (Å²) in [6, 6.07) is 0. The maximum absolute atomic E-state index is 12.9. The van der Waals surface area contributed by atoms with Gasteiger partial charge < -0.3 is 28.4 Å². The van der Waals surface area contributed by atoms with Gasteiger partial charge in [0.15, 0.2) is 30.7 Å². The van der Waals surface area contributed by atoms with Crippen LogP contribution in [0, 0.1) is 52.3 Å². The zero-order valence-electron chi connectivity index (χ0n) is 32.1. The lowest BCUT2D eigenvalue weighted by Gasteiger charge is -2.61. The van der Waals surface area contributed by atoms with Gasteiger partial charge in [-0.2, -0.15) is 0 Å². The van der Waals surface area contributed by atoms with Crippen molar-refractivity contribution in [2.75, 3.05) is 7.11 Å². The van der Waals surface area contributed by atoms with Crippen LogP contribution < -0.4 is 0 Å². The Balaban J connectivity index is 1.29. The Morgan fingerprint density at radius 2 is 1.36 bits per heavy atom. The number of hydrogen-bond donors (Lipinski definition) is 0. The molecule has 0 bridgehead atoms.